The van der Waals surface area contributed by atoms with Crippen LogP contribution in [0.2, 0.25) is 0 Å². The number of hydrogen-bond acceptors (Lipinski definition) is 4. The van der Waals surface area contributed by atoms with Crippen molar-refractivity contribution in [3.05, 3.63) is 65.7 Å². The Bertz CT molecular complexity index is 668. The maximum atomic E-state index is 12.3. The predicted molar refractivity (Wildman–Crippen MR) is 90.8 cm³/mol. The van der Waals surface area contributed by atoms with Crippen LogP contribution in [0.1, 0.15) is 22.8 Å². The van der Waals surface area contributed by atoms with Crippen molar-refractivity contribution in [2.75, 3.05) is 20.3 Å². The molecule has 5 heteroatoms. The van der Waals surface area contributed by atoms with Gasteiger partial charge in [0.1, 0.15) is 5.75 Å². The number of ether oxygens (including phenoxy) is 2. The largest absolute Gasteiger partial charge is 0.484 e. The lowest BCUT2D eigenvalue weighted by Crippen LogP contribution is -2.34. The second-order valence-corrected chi connectivity index (χ2v) is 5.20. The first-order chi connectivity index (χ1) is 11.6. The molecular weight excluding hydrogens is 306 g/mol. The molecule has 0 aromatic heterocycles. The van der Waals surface area contributed by atoms with E-state index in [2.05, 4.69) is 4.74 Å². The molecule has 24 heavy (non-hydrogen) atoms. The molecule has 2 rings (SSSR count). The molecule has 0 bridgehead atoms. The van der Waals surface area contributed by atoms with Crippen LogP contribution >= 0.6 is 0 Å². The molecule has 0 heterocycles. The molecule has 126 valence electrons. The first-order valence-electron chi connectivity index (χ1n) is 7.77. The Morgan fingerprint density at radius 1 is 1.00 bits per heavy atom. The van der Waals surface area contributed by atoms with E-state index in [9.17, 15) is 9.59 Å². The van der Waals surface area contributed by atoms with E-state index >= 15 is 0 Å². The minimum absolute atomic E-state index is 0.0434. The first kappa shape index (κ1) is 17.5. The summed E-state index contributed by atoms with van der Waals surface area (Å²) in [5.41, 5.74) is 1.52. The van der Waals surface area contributed by atoms with Gasteiger partial charge >= 0.3 is 5.97 Å². The fourth-order valence-electron chi connectivity index (χ4n) is 2.22. The lowest BCUT2D eigenvalue weighted by molar-refractivity contribution is -0.133. The Morgan fingerprint density at radius 2 is 1.67 bits per heavy atom. The molecule has 1 amide bonds. The number of esters is 1. The average molecular weight is 327 g/mol. The van der Waals surface area contributed by atoms with Gasteiger partial charge < -0.3 is 14.4 Å². The third-order valence-corrected chi connectivity index (χ3v) is 3.59. The number of rotatable bonds is 7. The Hall–Kier alpha value is -2.82. The highest BCUT2D eigenvalue weighted by Crippen LogP contribution is 2.13. The highest BCUT2D eigenvalue weighted by atomic mass is 16.5. The summed E-state index contributed by atoms with van der Waals surface area (Å²) in [6, 6.07) is 16.3. The van der Waals surface area contributed by atoms with Crippen LogP contribution in [0.25, 0.3) is 0 Å². The zero-order valence-electron chi connectivity index (χ0n) is 13.9. The fraction of sp³-hybridized carbons (Fsp3) is 0.263. The molecule has 0 spiro atoms. The maximum Gasteiger partial charge on any atom is 0.337 e. The maximum absolute atomic E-state index is 12.3. The summed E-state index contributed by atoms with van der Waals surface area (Å²) in [6.45, 7) is 3.06. The number of carbonyl (C=O) groups excluding carboxylic acids is 2. The van der Waals surface area contributed by atoms with Gasteiger partial charge in [0.05, 0.1) is 12.7 Å². The third-order valence-electron chi connectivity index (χ3n) is 3.59. The van der Waals surface area contributed by atoms with Gasteiger partial charge in [0.2, 0.25) is 0 Å². The molecular formula is C19H21NO4. The highest BCUT2D eigenvalue weighted by molar-refractivity contribution is 5.89. The van der Waals surface area contributed by atoms with Gasteiger partial charge in [-0.05, 0) is 36.8 Å². The van der Waals surface area contributed by atoms with E-state index in [4.69, 9.17) is 4.74 Å². The van der Waals surface area contributed by atoms with Crippen LogP contribution in [0.15, 0.2) is 54.6 Å². The fourth-order valence-corrected chi connectivity index (χ4v) is 2.22. The topological polar surface area (TPSA) is 55.8 Å². The summed E-state index contributed by atoms with van der Waals surface area (Å²) >= 11 is 0. The lowest BCUT2D eigenvalue weighted by atomic mass is 10.2. The number of nitrogens with zero attached hydrogens (tertiary/aromatic N) is 1. The zero-order chi connectivity index (χ0) is 17.4. The van der Waals surface area contributed by atoms with E-state index in [0.29, 0.717) is 24.4 Å². The number of hydrogen-bond donors (Lipinski definition) is 0. The zero-order valence-corrected chi connectivity index (χ0v) is 13.9. The van der Waals surface area contributed by atoms with Crippen molar-refractivity contribution >= 4 is 11.9 Å². The molecule has 0 aliphatic rings. The van der Waals surface area contributed by atoms with Crippen molar-refractivity contribution < 1.29 is 19.1 Å². The van der Waals surface area contributed by atoms with E-state index in [1.807, 2.05) is 37.3 Å². The van der Waals surface area contributed by atoms with E-state index in [1.165, 1.54) is 7.11 Å². The Kier molecular flexibility index (Phi) is 6.37. The van der Waals surface area contributed by atoms with Crippen LogP contribution in [0.3, 0.4) is 0 Å². The Balaban J connectivity index is 1.90. The van der Waals surface area contributed by atoms with Crippen LogP contribution in [0.5, 0.6) is 5.75 Å². The molecule has 0 atom stereocenters. The molecule has 2 aromatic carbocycles. The van der Waals surface area contributed by atoms with Crippen molar-refractivity contribution in [1.82, 2.24) is 4.90 Å². The van der Waals surface area contributed by atoms with Gasteiger partial charge in [-0.25, -0.2) is 4.79 Å². The van der Waals surface area contributed by atoms with Crippen molar-refractivity contribution in [3.63, 3.8) is 0 Å². The van der Waals surface area contributed by atoms with Gasteiger partial charge in [0.15, 0.2) is 6.61 Å². The monoisotopic (exact) mass is 327 g/mol. The molecule has 0 aliphatic carbocycles. The summed E-state index contributed by atoms with van der Waals surface area (Å²) in [4.78, 5) is 25.4. The molecule has 0 aliphatic heterocycles. The second-order valence-electron chi connectivity index (χ2n) is 5.20. The number of benzene rings is 2. The summed E-state index contributed by atoms with van der Waals surface area (Å²) < 4.78 is 10.1. The van der Waals surface area contributed by atoms with Gasteiger partial charge in [0.25, 0.3) is 5.91 Å². The molecule has 0 unspecified atom stereocenters. The number of amides is 1. The Morgan fingerprint density at radius 3 is 2.25 bits per heavy atom. The predicted octanol–water partition coefficient (Wildman–Crippen LogP) is 2.90. The van der Waals surface area contributed by atoms with Gasteiger partial charge in [-0.3, -0.25) is 4.79 Å². The SMILES string of the molecule is CCN(Cc1ccccc1)C(=O)COc1ccc(C(=O)OC)cc1. The van der Waals surface area contributed by atoms with Crippen molar-refractivity contribution in [3.8, 4) is 5.75 Å². The molecule has 0 saturated carbocycles. The van der Waals surface area contributed by atoms with E-state index in [-0.39, 0.29) is 12.5 Å². The second kappa shape index (κ2) is 8.72. The van der Waals surface area contributed by atoms with E-state index in [0.717, 1.165) is 5.56 Å². The van der Waals surface area contributed by atoms with Crippen LogP contribution in [-0.4, -0.2) is 37.0 Å². The van der Waals surface area contributed by atoms with Crippen molar-refractivity contribution in [2.45, 2.75) is 13.5 Å². The van der Waals surface area contributed by atoms with Crippen molar-refractivity contribution in [2.24, 2.45) is 0 Å². The first-order valence-corrected chi connectivity index (χ1v) is 7.77. The molecule has 0 saturated heterocycles. The quantitative estimate of drug-likeness (QED) is 0.734. The van der Waals surface area contributed by atoms with Gasteiger partial charge in [0, 0.05) is 13.1 Å². The average Bonchev–Trinajstić information content (AvgIpc) is 2.64. The minimum Gasteiger partial charge on any atom is -0.484 e. The number of likely N-dealkylation sites (N-methyl/N-ethyl adjacent to an activating group) is 1. The molecule has 0 fully saturated rings. The summed E-state index contributed by atoms with van der Waals surface area (Å²) in [6.07, 6.45) is 0. The normalized spacial score (nSPS) is 10.1. The highest BCUT2D eigenvalue weighted by Gasteiger charge is 2.13. The molecule has 0 radical (unpaired) electrons. The van der Waals surface area contributed by atoms with Crippen LogP contribution < -0.4 is 4.74 Å². The summed E-state index contributed by atoms with van der Waals surface area (Å²) in [5.74, 6) is 0.0443. The van der Waals surface area contributed by atoms with Crippen LogP contribution in [0, 0.1) is 0 Å². The van der Waals surface area contributed by atoms with Gasteiger partial charge in [-0.2, -0.15) is 0 Å². The molecule has 5 nitrogen and oxygen atoms in total. The third kappa shape index (κ3) is 4.84. The molecule has 2 aromatic rings. The van der Waals surface area contributed by atoms with E-state index in [1.54, 1.807) is 29.2 Å². The number of methoxy groups -OCH3 is 1. The number of carbonyl (C=O) groups is 2. The van der Waals surface area contributed by atoms with Gasteiger partial charge in [-0.1, -0.05) is 30.3 Å². The van der Waals surface area contributed by atoms with Crippen molar-refractivity contribution in [1.29, 1.82) is 0 Å². The summed E-state index contributed by atoms with van der Waals surface area (Å²) in [5, 5.41) is 0. The standard InChI is InChI=1S/C19H21NO4/c1-3-20(13-15-7-5-4-6-8-15)18(21)14-24-17-11-9-16(10-12-17)19(22)23-2/h4-12H,3,13-14H2,1-2H3. The molecule has 0 N–H and O–H groups in total. The smallest absolute Gasteiger partial charge is 0.337 e. The van der Waals surface area contributed by atoms with Crippen LogP contribution in [0.4, 0.5) is 0 Å². The Labute approximate surface area is 141 Å². The van der Waals surface area contributed by atoms with Crippen LogP contribution in [-0.2, 0) is 16.1 Å². The van der Waals surface area contributed by atoms with E-state index < -0.39 is 5.97 Å². The summed E-state index contributed by atoms with van der Waals surface area (Å²) in [7, 11) is 1.33. The lowest BCUT2D eigenvalue weighted by Gasteiger charge is -2.21. The van der Waals surface area contributed by atoms with Gasteiger partial charge in [-0.15, -0.1) is 0 Å². The minimum atomic E-state index is -0.405.